The van der Waals surface area contributed by atoms with Gasteiger partial charge in [-0.2, -0.15) is 8.42 Å². The first-order valence-electron chi connectivity index (χ1n) is 5.10. The molecular formula is C11H7BrClNO5S. The number of carboxylic acids is 1. The number of aromatic carboxylic acids is 1. The van der Waals surface area contributed by atoms with Gasteiger partial charge in [0.15, 0.2) is 0 Å². The summed E-state index contributed by atoms with van der Waals surface area (Å²) in [4.78, 5) is 10.7. The third kappa shape index (κ3) is 3.14. The summed E-state index contributed by atoms with van der Waals surface area (Å²) < 4.78 is 31.7. The molecule has 0 saturated carbocycles. The maximum Gasteiger partial charge on any atom is 0.371 e. The largest absolute Gasteiger partial charge is 0.475 e. The van der Waals surface area contributed by atoms with Crippen LogP contribution in [0.3, 0.4) is 0 Å². The molecule has 1 aromatic heterocycles. The van der Waals surface area contributed by atoms with Gasteiger partial charge in [-0.05, 0) is 30.3 Å². The molecule has 0 unspecified atom stereocenters. The third-order valence-electron chi connectivity index (χ3n) is 2.23. The van der Waals surface area contributed by atoms with Crippen molar-refractivity contribution in [3.05, 3.63) is 45.6 Å². The number of benzene rings is 1. The lowest BCUT2D eigenvalue weighted by atomic mass is 10.3. The Morgan fingerprint density at radius 1 is 1.30 bits per heavy atom. The number of furan rings is 1. The van der Waals surface area contributed by atoms with Crippen LogP contribution in [0.5, 0.6) is 0 Å². The molecular weight excluding hydrogens is 374 g/mol. The Labute approximate surface area is 127 Å². The average molecular weight is 381 g/mol. The number of carbonyl (C=O) groups is 1. The van der Waals surface area contributed by atoms with Crippen molar-refractivity contribution in [3.63, 3.8) is 0 Å². The fourth-order valence-corrected chi connectivity index (χ4v) is 2.94. The van der Waals surface area contributed by atoms with Crippen molar-refractivity contribution in [2.24, 2.45) is 0 Å². The van der Waals surface area contributed by atoms with Crippen molar-refractivity contribution in [1.82, 2.24) is 0 Å². The van der Waals surface area contributed by atoms with Crippen LogP contribution in [0.2, 0.25) is 5.02 Å². The summed E-state index contributed by atoms with van der Waals surface area (Å²) in [6.45, 7) is 0. The van der Waals surface area contributed by atoms with Crippen molar-refractivity contribution in [2.75, 3.05) is 4.72 Å². The summed E-state index contributed by atoms with van der Waals surface area (Å²) in [5.41, 5.74) is 0.148. The van der Waals surface area contributed by atoms with Crippen molar-refractivity contribution < 1.29 is 22.7 Å². The molecule has 0 saturated heterocycles. The molecule has 1 aromatic carbocycles. The summed E-state index contributed by atoms with van der Waals surface area (Å²) in [5.74, 6) is -1.82. The summed E-state index contributed by atoms with van der Waals surface area (Å²) >= 11 is 9.06. The van der Waals surface area contributed by atoms with E-state index in [0.29, 0.717) is 4.47 Å². The fraction of sp³-hybridized carbons (Fsp3) is 0. The highest BCUT2D eigenvalue weighted by Gasteiger charge is 2.22. The Morgan fingerprint density at radius 3 is 2.60 bits per heavy atom. The Bertz CT molecular complexity index is 771. The number of sulfonamides is 1. The van der Waals surface area contributed by atoms with Gasteiger partial charge in [0.05, 0.1) is 10.7 Å². The Hall–Kier alpha value is -1.51. The zero-order valence-corrected chi connectivity index (χ0v) is 12.8. The van der Waals surface area contributed by atoms with Crippen LogP contribution in [0, 0.1) is 0 Å². The molecule has 2 aromatic rings. The molecule has 0 fully saturated rings. The van der Waals surface area contributed by atoms with E-state index in [9.17, 15) is 13.2 Å². The highest BCUT2D eigenvalue weighted by atomic mass is 79.9. The summed E-state index contributed by atoms with van der Waals surface area (Å²) in [6, 6.07) is 6.74. The zero-order chi connectivity index (χ0) is 14.9. The quantitative estimate of drug-likeness (QED) is 0.849. The molecule has 0 aliphatic heterocycles. The van der Waals surface area contributed by atoms with Gasteiger partial charge in [-0.1, -0.05) is 27.5 Å². The maximum absolute atomic E-state index is 12.0. The van der Waals surface area contributed by atoms with Crippen LogP contribution in [0.25, 0.3) is 0 Å². The molecule has 6 nitrogen and oxygen atoms in total. The van der Waals surface area contributed by atoms with E-state index in [1.54, 1.807) is 6.07 Å². The number of anilines is 1. The summed E-state index contributed by atoms with van der Waals surface area (Å²) in [5, 5.41) is 8.39. The van der Waals surface area contributed by atoms with Gasteiger partial charge < -0.3 is 9.52 Å². The molecule has 0 atom stereocenters. The number of carboxylic acid groups (broad SMARTS) is 1. The number of halogens is 2. The van der Waals surface area contributed by atoms with E-state index in [1.807, 2.05) is 0 Å². The van der Waals surface area contributed by atoms with Crippen LogP contribution in [0.1, 0.15) is 10.6 Å². The average Bonchev–Trinajstić information content (AvgIpc) is 2.84. The van der Waals surface area contributed by atoms with Crippen LogP contribution >= 0.6 is 27.5 Å². The predicted molar refractivity (Wildman–Crippen MR) is 75.6 cm³/mol. The minimum Gasteiger partial charge on any atom is -0.475 e. The smallest absolute Gasteiger partial charge is 0.371 e. The highest BCUT2D eigenvalue weighted by Crippen LogP contribution is 2.28. The number of rotatable bonds is 4. The van der Waals surface area contributed by atoms with Gasteiger partial charge in [0, 0.05) is 4.47 Å². The van der Waals surface area contributed by atoms with Gasteiger partial charge in [-0.25, -0.2) is 4.79 Å². The monoisotopic (exact) mass is 379 g/mol. The van der Waals surface area contributed by atoms with E-state index in [4.69, 9.17) is 21.1 Å². The molecule has 2 N–H and O–H groups in total. The zero-order valence-electron chi connectivity index (χ0n) is 9.63. The van der Waals surface area contributed by atoms with Gasteiger partial charge in [0.25, 0.3) is 10.0 Å². The number of nitrogens with one attached hydrogen (secondary N) is 1. The van der Waals surface area contributed by atoms with Gasteiger partial charge in [-0.3, -0.25) is 4.72 Å². The maximum atomic E-state index is 12.0. The van der Waals surface area contributed by atoms with Crippen molar-refractivity contribution in [2.45, 2.75) is 5.09 Å². The topological polar surface area (TPSA) is 96.6 Å². The van der Waals surface area contributed by atoms with E-state index in [1.165, 1.54) is 12.1 Å². The predicted octanol–water partition coefficient (Wildman–Crippen LogP) is 3.19. The van der Waals surface area contributed by atoms with Crippen LogP contribution < -0.4 is 4.72 Å². The Kier molecular flexibility index (Phi) is 4.07. The van der Waals surface area contributed by atoms with E-state index in [-0.39, 0.29) is 10.7 Å². The van der Waals surface area contributed by atoms with Crippen LogP contribution in [-0.2, 0) is 10.0 Å². The Morgan fingerprint density at radius 2 is 2.00 bits per heavy atom. The molecule has 20 heavy (non-hydrogen) atoms. The van der Waals surface area contributed by atoms with Crippen molar-refractivity contribution >= 4 is 49.2 Å². The van der Waals surface area contributed by atoms with Crippen LogP contribution in [0.4, 0.5) is 5.69 Å². The second-order valence-electron chi connectivity index (χ2n) is 3.65. The van der Waals surface area contributed by atoms with Crippen molar-refractivity contribution in [3.8, 4) is 0 Å². The van der Waals surface area contributed by atoms with Crippen molar-refractivity contribution in [1.29, 1.82) is 0 Å². The lowest BCUT2D eigenvalue weighted by Crippen LogP contribution is -2.12. The fourth-order valence-electron chi connectivity index (χ4n) is 1.35. The molecule has 0 spiro atoms. The van der Waals surface area contributed by atoms with E-state index in [0.717, 1.165) is 12.1 Å². The van der Waals surface area contributed by atoms with E-state index in [2.05, 4.69) is 20.7 Å². The van der Waals surface area contributed by atoms with E-state index >= 15 is 0 Å². The molecule has 0 aliphatic carbocycles. The molecule has 0 aliphatic rings. The number of hydrogen-bond donors (Lipinski definition) is 2. The first-order valence-corrected chi connectivity index (χ1v) is 7.76. The highest BCUT2D eigenvalue weighted by molar-refractivity contribution is 9.10. The standard InChI is InChI=1S/C11H7BrClNO5S/c12-6-1-2-7(13)8(5-6)14-20(17,18)10-4-3-9(19-10)11(15)16/h1-5,14H,(H,15,16). The molecule has 1 heterocycles. The van der Waals surface area contributed by atoms with Gasteiger partial charge >= 0.3 is 5.97 Å². The minimum atomic E-state index is -4.05. The third-order valence-corrected chi connectivity index (χ3v) is 4.29. The molecule has 106 valence electrons. The van der Waals surface area contributed by atoms with Crippen LogP contribution in [-0.4, -0.2) is 19.5 Å². The Balaban J connectivity index is 2.35. The van der Waals surface area contributed by atoms with E-state index < -0.39 is 26.8 Å². The summed E-state index contributed by atoms with van der Waals surface area (Å²) in [7, 11) is -4.05. The van der Waals surface area contributed by atoms with Gasteiger partial charge in [0.1, 0.15) is 0 Å². The second-order valence-corrected chi connectivity index (χ2v) is 6.59. The molecule has 0 amide bonds. The first-order chi connectivity index (χ1) is 9.29. The normalized spacial score (nSPS) is 11.3. The van der Waals surface area contributed by atoms with Gasteiger partial charge in [0.2, 0.25) is 10.9 Å². The first kappa shape index (κ1) is 14.9. The lowest BCUT2D eigenvalue weighted by Gasteiger charge is -2.07. The van der Waals surface area contributed by atoms with Gasteiger partial charge in [-0.15, -0.1) is 0 Å². The minimum absolute atomic E-state index is 0.148. The van der Waals surface area contributed by atoms with Crippen LogP contribution in [0.15, 0.2) is 44.3 Å². The molecule has 0 radical (unpaired) electrons. The molecule has 9 heteroatoms. The SMILES string of the molecule is O=C(O)c1ccc(S(=O)(=O)Nc2cc(Br)ccc2Cl)o1. The molecule has 2 rings (SSSR count). The lowest BCUT2D eigenvalue weighted by molar-refractivity contribution is 0.0656. The second kappa shape index (κ2) is 5.47. The molecule has 0 bridgehead atoms. The number of hydrogen-bond acceptors (Lipinski definition) is 4. The summed E-state index contributed by atoms with van der Waals surface area (Å²) in [6.07, 6.45) is 0.